The van der Waals surface area contributed by atoms with Crippen LogP contribution in [0.25, 0.3) is 0 Å². The Balaban J connectivity index is 0.00000117. The van der Waals surface area contributed by atoms with Gasteiger partial charge in [0.25, 0.3) is 0 Å². The van der Waals surface area contributed by atoms with Crippen molar-refractivity contribution in [1.82, 2.24) is 16.2 Å². The molecule has 0 aromatic carbocycles. The first-order valence-corrected chi connectivity index (χ1v) is 9.42. The predicted octanol–water partition coefficient (Wildman–Crippen LogP) is 5.16. The maximum absolute atomic E-state index is 4.15. The van der Waals surface area contributed by atoms with Crippen LogP contribution in [0.1, 0.15) is 49.4 Å². The van der Waals surface area contributed by atoms with Gasteiger partial charge in [0, 0.05) is 24.8 Å². The van der Waals surface area contributed by atoms with Crippen molar-refractivity contribution in [3.63, 3.8) is 0 Å². The Morgan fingerprint density at radius 2 is 1.88 bits per heavy atom. The van der Waals surface area contributed by atoms with E-state index < -0.39 is 0 Å². The smallest absolute Gasteiger partial charge is 0.0891 e. The van der Waals surface area contributed by atoms with Gasteiger partial charge in [0.1, 0.15) is 0 Å². The number of nitrogens with one attached hydrogen (secondary N) is 3. The van der Waals surface area contributed by atoms with Crippen molar-refractivity contribution in [1.29, 1.82) is 0 Å². The van der Waals surface area contributed by atoms with Crippen LogP contribution in [-0.4, -0.2) is 12.1 Å². The maximum atomic E-state index is 4.15. The van der Waals surface area contributed by atoms with E-state index in [9.17, 15) is 0 Å². The Hall–Kier alpha value is -2.00. The second kappa shape index (κ2) is 9.47. The third-order valence-electron chi connectivity index (χ3n) is 4.49. The van der Waals surface area contributed by atoms with Crippen LogP contribution in [0.5, 0.6) is 0 Å². The molecular formula is C22H37N3. The van der Waals surface area contributed by atoms with E-state index in [1.165, 1.54) is 11.3 Å². The average molecular weight is 344 g/mol. The molecule has 3 unspecified atom stereocenters. The van der Waals surface area contributed by atoms with E-state index in [-0.39, 0.29) is 12.9 Å². The van der Waals surface area contributed by atoms with Crippen molar-refractivity contribution in [2.45, 2.75) is 60.0 Å². The predicted molar refractivity (Wildman–Crippen MR) is 113 cm³/mol. The summed E-state index contributed by atoms with van der Waals surface area (Å²) in [5.41, 5.74) is 11.2. The normalized spacial score (nSPS) is 30.0. The van der Waals surface area contributed by atoms with Crippen molar-refractivity contribution in [3.05, 3.63) is 72.2 Å². The molecule has 3 N–H and O–H groups in total. The fraction of sp³-hybridized carbons (Fsp3) is 0.455. The summed E-state index contributed by atoms with van der Waals surface area (Å²) in [4.78, 5) is 0. The highest BCUT2D eigenvalue weighted by Crippen LogP contribution is 2.43. The molecule has 3 heteroatoms. The van der Waals surface area contributed by atoms with Gasteiger partial charge in [0.15, 0.2) is 0 Å². The van der Waals surface area contributed by atoms with Crippen LogP contribution in [0.4, 0.5) is 0 Å². The number of rotatable bonds is 2. The van der Waals surface area contributed by atoms with Crippen molar-refractivity contribution in [3.8, 4) is 0 Å². The number of hydrazine groups is 1. The van der Waals surface area contributed by atoms with Crippen molar-refractivity contribution < 1.29 is 1.43 Å². The van der Waals surface area contributed by atoms with Crippen LogP contribution >= 0.6 is 0 Å². The van der Waals surface area contributed by atoms with Crippen LogP contribution < -0.4 is 16.2 Å². The summed E-state index contributed by atoms with van der Waals surface area (Å²) < 4.78 is 0. The zero-order valence-electron chi connectivity index (χ0n) is 16.7. The number of dihydropyridines is 1. The molecule has 0 radical (unpaired) electrons. The first kappa shape index (κ1) is 21.0. The average Bonchev–Trinajstić information content (AvgIpc) is 3.13. The van der Waals surface area contributed by atoms with E-state index in [0.29, 0.717) is 6.04 Å². The van der Waals surface area contributed by atoms with Crippen LogP contribution in [0.15, 0.2) is 72.2 Å². The first-order valence-electron chi connectivity index (χ1n) is 9.42. The molecule has 0 spiro atoms. The highest BCUT2D eigenvalue weighted by molar-refractivity contribution is 5.47. The standard InChI is InChI=1S/C18H23N3.2C2H6.H2/c1-12-8-9-18(4,10-13(12)2)15-11-19-21-17(15)16-7-5-6-14(3)20-16;2*1-2;/h5-9,11,14,17,19-21H,1-2,10H2,3-4H3;2*1-2H3;1H. The topological polar surface area (TPSA) is 36.1 Å². The van der Waals surface area contributed by atoms with E-state index in [4.69, 9.17) is 0 Å². The van der Waals surface area contributed by atoms with Gasteiger partial charge in [-0.2, -0.15) is 0 Å². The molecular weight excluding hydrogens is 306 g/mol. The Kier molecular flexibility index (Phi) is 7.98. The zero-order valence-corrected chi connectivity index (χ0v) is 16.7. The SMILES string of the molecule is C=C1C=CC(C)(C2=CNNC2C2=CC=CC(C)N2)CC1=C.CC.CC.[HH]. The van der Waals surface area contributed by atoms with Crippen molar-refractivity contribution in [2.75, 3.05) is 0 Å². The lowest BCUT2D eigenvalue weighted by Crippen LogP contribution is -2.43. The molecule has 3 atom stereocenters. The van der Waals surface area contributed by atoms with Crippen molar-refractivity contribution in [2.24, 2.45) is 5.41 Å². The third kappa shape index (κ3) is 4.76. The third-order valence-corrected chi connectivity index (χ3v) is 4.49. The quantitative estimate of drug-likeness (QED) is 0.648. The molecule has 3 nitrogen and oxygen atoms in total. The lowest BCUT2D eigenvalue weighted by molar-refractivity contribution is 0.453. The van der Waals surface area contributed by atoms with E-state index in [2.05, 4.69) is 79.8 Å². The summed E-state index contributed by atoms with van der Waals surface area (Å²) in [5.74, 6) is 0. The molecule has 2 heterocycles. The molecule has 2 aliphatic heterocycles. The number of hydrogen-bond donors (Lipinski definition) is 3. The summed E-state index contributed by atoms with van der Waals surface area (Å²) in [7, 11) is 0. The lowest BCUT2D eigenvalue weighted by Gasteiger charge is -2.36. The van der Waals surface area contributed by atoms with Gasteiger partial charge in [-0.3, -0.25) is 0 Å². The van der Waals surface area contributed by atoms with E-state index in [1.807, 2.05) is 27.7 Å². The maximum Gasteiger partial charge on any atom is 0.0891 e. The molecule has 3 aliphatic rings. The van der Waals surface area contributed by atoms with Gasteiger partial charge in [0.05, 0.1) is 6.04 Å². The van der Waals surface area contributed by atoms with Crippen LogP contribution in [0, 0.1) is 5.41 Å². The molecule has 140 valence electrons. The highest BCUT2D eigenvalue weighted by Gasteiger charge is 2.38. The van der Waals surface area contributed by atoms with Crippen LogP contribution in [0.2, 0.25) is 0 Å². The Morgan fingerprint density at radius 3 is 2.48 bits per heavy atom. The minimum absolute atomic E-state index is 0. The van der Waals surface area contributed by atoms with E-state index in [0.717, 1.165) is 17.6 Å². The van der Waals surface area contributed by atoms with Gasteiger partial charge in [-0.05, 0) is 36.1 Å². The Morgan fingerprint density at radius 1 is 1.20 bits per heavy atom. The molecule has 0 saturated heterocycles. The monoisotopic (exact) mass is 343 g/mol. The van der Waals surface area contributed by atoms with Crippen LogP contribution in [-0.2, 0) is 0 Å². The van der Waals surface area contributed by atoms with E-state index >= 15 is 0 Å². The molecule has 3 rings (SSSR count). The fourth-order valence-electron chi connectivity index (χ4n) is 3.18. The Labute approximate surface area is 155 Å². The molecule has 0 bridgehead atoms. The van der Waals surface area contributed by atoms with Gasteiger partial charge in [0.2, 0.25) is 0 Å². The van der Waals surface area contributed by atoms with E-state index in [1.54, 1.807) is 0 Å². The summed E-state index contributed by atoms with van der Waals surface area (Å²) in [5, 5.41) is 3.53. The van der Waals surface area contributed by atoms with Gasteiger partial charge in [-0.25, -0.2) is 5.43 Å². The molecule has 0 amide bonds. The first-order chi connectivity index (χ1) is 12.0. The van der Waals surface area contributed by atoms with Crippen LogP contribution in [0.3, 0.4) is 0 Å². The fourth-order valence-corrected chi connectivity index (χ4v) is 3.18. The summed E-state index contributed by atoms with van der Waals surface area (Å²) in [6.07, 6.45) is 13.8. The molecule has 0 fully saturated rings. The second-order valence-electron chi connectivity index (χ2n) is 6.32. The lowest BCUT2D eigenvalue weighted by atomic mass is 9.70. The number of allylic oxidation sites excluding steroid dienone is 6. The minimum Gasteiger partial charge on any atom is -0.381 e. The van der Waals surface area contributed by atoms with Gasteiger partial charge < -0.3 is 10.7 Å². The van der Waals surface area contributed by atoms with Crippen molar-refractivity contribution >= 4 is 0 Å². The second-order valence-corrected chi connectivity index (χ2v) is 6.32. The van der Waals surface area contributed by atoms with Gasteiger partial charge in [-0.15, -0.1) is 0 Å². The molecule has 0 aromatic rings. The summed E-state index contributed by atoms with van der Waals surface area (Å²) >= 11 is 0. The number of hydrogen-bond acceptors (Lipinski definition) is 3. The summed E-state index contributed by atoms with van der Waals surface area (Å²) in [6, 6.07) is 0.518. The molecule has 1 aliphatic carbocycles. The van der Waals surface area contributed by atoms with Gasteiger partial charge >= 0.3 is 0 Å². The van der Waals surface area contributed by atoms with Gasteiger partial charge in [-0.1, -0.05) is 72.1 Å². The minimum atomic E-state index is -0.0354. The summed E-state index contributed by atoms with van der Waals surface area (Å²) in [6.45, 7) is 20.6. The molecule has 0 saturated carbocycles. The highest BCUT2D eigenvalue weighted by atomic mass is 15.4. The Bertz CT molecular complexity index is 613. The molecule has 0 aromatic heterocycles. The zero-order chi connectivity index (χ0) is 19.0. The molecule has 25 heavy (non-hydrogen) atoms. The largest absolute Gasteiger partial charge is 0.381 e.